The van der Waals surface area contributed by atoms with Crippen LogP contribution in [0.5, 0.6) is 0 Å². The Kier molecular flexibility index (Phi) is 5.36. The summed E-state index contributed by atoms with van der Waals surface area (Å²) >= 11 is 1.68. The Bertz CT molecular complexity index is 305. The SMILES string of the molecule is C=CCNCCSc1nc(C)cc(C)n1. The van der Waals surface area contributed by atoms with Crippen molar-refractivity contribution in [2.24, 2.45) is 0 Å². The van der Waals surface area contributed by atoms with Gasteiger partial charge >= 0.3 is 0 Å². The maximum Gasteiger partial charge on any atom is 0.188 e. The third-order valence-corrected chi connectivity index (χ3v) is 2.61. The second kappa shape index (κ2) is 6.58. The lowest BCUT2D eigenvalue weighted by Gasteiger charge is -2.03. The van der Waals surface area contributed by atoms with Gasteiger partial charge in [0, 0.05) is 30.2 Å². The number of rotatable bonds is 6. The predicted molar refractivity (Wildman–Crippen MR) is 65.3 cm³/mol. The molecule has 0 radical (unpaired) electrons. The lowest BCUT2D eigenvalue weighted by atomic mass is 10.4. The van der Waals surface area contributed by atoms with Crippen LogP contribution in [0.1, 0.15) is 11.4 Å². The van der Waals surface area contributed by atoms with Crippen LogP contribution in [-0.4, -0.2) is 28.8 Å². The van der Waals surface area contributed by atoms with Crippen LogP contribution in [0.15, 0.2) is 23.9 Å². The van der Waals surface area contributed by atoms with Gasteiger partial charge in [-0.05, 0) is 19.9 Å². The van der Waals surface area contributed by atoms with Gasteiger partial charge in [-0.25, -0.2) is 9.97 Å². The van der Waals surface area contributed by atoms with Crippen molar-refractivity contribution in [1.82, 2.24) is 15.3 Å². The van der Waals surface area contributed by atoms with Crippen molar-refractivity contribution in [1.29, 1.82) is 0 Å². The number of hydrogen-bond acceptors (Lipinski definition) is 4. The van der Waals surface area contributed by atoms with Crippen LogP contribution in [0.3, 0.4) is 0 Å². The summed E-state index contributed by atoms with van der Waals surface area (Å²) in [5, 5.41) is 4.11. The molecule has 1 N–H and O–H groups in total. The fourth-order valence-corrected chi connectivity index (χ4v) is 2.02. The first-order valence-electron chi connectivity index (χ1n) is 4.99. The minimum absolute atomic E-state index is 0.855. The van der Waals surface area contributed by atoms with Crippen LogP contribution in [0.25, 0.3) is 0 Å². The summed E-state index contributed by atoms with van der Waals surface area (Å²) in [6, 6.07) is 1.99. The second-order valence-corrected chi connectivity index (χ2v) is 4.34. The van der Waals surface area contributed by atoms with Crippen LogP contribution < -0.4 is 5.32 Å². The van der Waals surface area contributed by atoms with Gasteiger partial charge in [0.2, 0.25) is 0 Å². The van der Waals surface area contributed by atoms with E-state index < -0.39 is 0 Å². The highest BCUT2D eigenvalue weighted by Crippen LogP contribution is 2.12. The molecule has 1 aromatic rings. The maximum absolute atomic E-state index is 4.36. The molecule has 0 aromatic carbocycles. The average Bonchev–Trinajstić information content (AvgIpc) is 2.16. The zero-order valence-corrected chi connectivity index (χ0v) is 10.1. The molecule has 82 valence electrons. The molecule has 0 aliphatic heterocycles. The molecular weight excluding hydrogens is 206 g/mol. The van der Waals surface area contributed by atoms with Crippen molar-refractivity contribution < 1.29 is 0 Å². The summed E-state index contributed by atoms with van der Waals surface area (Å²) < 4.78 is 0. The molecule has 0 spiro atoms. The standard InChI is InChI=1S/C11H17N3S/c1-4-5-12-6-7-15-11-13-9(2)8-10(3)14-11/h4,8,12H,1,5-7H2,2-3H3. The zero-order chi connectivity index (χ0) is 11.1. The van der Waals surface area contributed by atoms with E-state index in [1.165, 1.54) is 0 Å². The lowest BCUT2D eigenvalue weighted by molar-refractivity contribution is 0.804. The quantitative estimate of drug-likeness (QED) is 0.346. The monoisotopic (exact) mass is 223 g/mol. The Morgan fingerprint density at radius 1 is 1.40 bits per heavy atom. The van der Waals surface area contributed by atoms with Gasteiger partial charge in [0.05, 0.1) is 0 Å². The highest BCUT2D eigenvalue weighted by atomic mass is 32.2. The molecule has 0 fully saturated rings. The van der Waals surface area contributed by atoms with Gasteiger partial charge in [-0.1, -0.05) is 17.8 Å². The summed E-state index contributed by atoms with van der Waals surface area (Å²) in [7, 11) is 0. The van der Waals surface area contributed by atoms with E-state index in [0.29, 0.717) is 0 Å². The van der Waals surface area contributed by atoms with E-state index in [1.54, 1.807) is 11.8 Å². The predicted octanol–water partition coefficient (Wildman–Crippen LogP) is 1.96. The molecule has 0 aliphatic carbocycles. The molecule has 3 nitrogen and oxygen atoms in total. The summed E-state index contributed by atoms with van der Waals surface area (Å²) in [6.45, 7) is 9.44. The number of aryl methyl sites for hydroxylation is 2. The Morgan fingerprint density at radius 2 is 2.07 bits per heavy atom. The highest BCUT2D eigenvalue weighted by molar-refractivity contribution is 7.99. The van der Waals surface area contributed by atoms with Gasteiger partial charge in [-0.2, -0.15) is 0 Å². The van der Waals surface area contributed by atoms with E-state index in [4.69, 9.17) is 0 Å². The summed E-state index contributed by atoms with van der Waals surface area (Å²) in [4.78, 5) is 8.71. The van der Waals surface area contributed by atoms with Gasteiger partial charge in [-0.3, -0.25) is 0 Å². The molecule has 0 saturated heterocycles. The molecule has 1 aromatic heterocycles. The molecule has 0 aliphatic rings. The van der Waals surface area contributed by atoms with Gasteiger partial charge in [0.1, 0.15) is 0 Å². The van der Waals surface area contributed by atoms with E-state index in [-0.39, 0.29) is 0 Å². The molecule has 1 heterocycles. The van der Waals surface area contributed by atoms with Gasteiger partial charge in [0.25, 0.3) is 0 Å². The number of nitrogens with zero attached hydrogens (tertiary/aromatic N) is 2. The van der Waals surface area contributed by atoms with Crippen molar-refractivity contribution in [2.75, 3.05) is 18.8 Å². The van der Waals surface area contributed by atoms with Crippen molar-refractivity contribution in [3.8, 4) is 0 Å². The minimum Gasteiger partial charge on any atom is -0.312 e. The minimum atomic E-state index is 0.855. The summed E-state index contributed by atoms with van der Waals surface area (Å²) in [5.74, 6) is 0.983. The molecule has 0 bridgehead atoms. The van der Waals surface area contributed by atoms with Crippen molar-refractivity contribution in [2.45, 2.75) is 19.0 Å². The molecule has 0 saturated carbocycles. The van der Waals surface area contributed by atoms with Crippen molar-refractivity contribution in [3.63, 3.8) is 0 Å². The van der Waals surface area contributed by atoms with Crippen LogP contribution in [0.4, 0.5) is 0 Å². The van der Waals surface area contributed by atoms with Crippen LogP contribution >= 0.6 is 11.8 Å². The Labute approximate surface area is 95.4 Å². The number of aromatic nitrogens is 2. The fourth-order valence-electron chi connectivity index (χ4n) is 1.18. The second-order valence-electron chi connectivity index (χ2n) is 3.27. The molecule has 15 heavy (non-hydrogen) atoms. The van der Waals surface area contributed by atoms with Crippen LogP contribution in [0.2, 0.25) is 0 Å². The fraction of sp³-hybridized carbons (Fsp3) is 0.455. The zero-order valence-electron chi connectivity index (χ0n) is 9.29. The molecular formula is C11H17N3S. The van der Waals surface area contributed by atoms with E-state index in [2.05, 4.69) is 21.9 Å². The average molecular weight is 223 g/mol. The normalized spacial score (nSPS) is 10.3. The largest absolute Gasteiger partial charge is 0.312 e. The third kappa shape index (κ3) is 4.95. The summed E-state index contributed by atoms with van der Waals surface area (Å²) in [5.41, 5.74) is 2.06. The topological polar surface area (TPSA) is 37.8 Å². The van der Waals surface area contributed by atoms with Crippen LogP contribution in [0, 0.1) is 13.8 Å². The first kappa shape index (κ1) is 12.2. The molecule has 0 unspecified atom stereocenters. The molecule has 0 atom stereocenters. The van der Waals surface area contributed by atoms with E-state index in [0.717, 1.165) is 35.4 Å². The molecule has 4 heteroatoms. The Morgan fingerprint density at radius 3 is 2.67 bits per heavy atom. The Hall–Kier alpha value is -0.870. The van der Waals surface area contributed by atoms with Crippen molar-refractivity contribution >= 4 is 11.8 Å². The smallest absolute Gasteiger partial charge is 0.188 e. The Balaban J connectivity index is 2.33. The summed E-state index contributed by atoms with van der Waals surface area (Å²) in [6.07, 6.45) is 1.86. The van der Waals surface area contributed by atoms with E-state index in [1.807, 2.05) is 26.0 Å². The van der Waals surface area contributed by atoms with Crippen LogP contribution in [-0.2, 0) is 0 Å². The molecule has 0 amide bonds. The van der Waals surface area contributed by atoms with E-state index in [9.17, 15) is 0 Å². The number of thioether (sulfide) groups is 1. The van der Waals surface area contributed by atoms with E-state index >= 15 is 0 Å². The van der Waals surface area contributed by atoms with Gasteiger partial charge in [0.15, 0.2) is 5.16 Å². The third-order valence-electron chi connectivity index (χ3n) is 1.76. The molecule has 1 rings (SSSR count). The number of nitrogens with one attached hydrogen (secondary N) is 1. The first-order chi connectivity index (χ1) is 7.22. The maximum atomic E-state index is 4.36. The van der Waals surface area contributed by atoms with Crippen molar-refractivity contribution in [3.05, 3.63) is 30.1 Å². The van der Waals surface area contributed by atoms with Gasteiger partial charge in [-0.15, -0.1) is 6.58 Å². The van der Waals surface area contributed by atoms with Gasteiger partial charge < -0.3 is 5.32 Å². The first-order valence-corrected chi connectivity index (χ1v) is 5.97. The number of hydrogen-bond donors (Lipinski definition) is 1. The lowest BCUT2D eigenvalue weighted by Crippen LogP contribution is -2.16. The highest BCUT2D eigenvalue weighted by Gasteiger charge is 1.99.